The molecule has 2 rings (SSSR count). The second-order valence-corrected chi connectivity index (χ2v) is 6.08. The fourth-order valence-corrected chi connectivity index (χ4v) is 2.87. The van der Waals surface area contributed by atoms with E-state index in [1.54, 1.807) is 0 Å². The molecule has 106 valence electrons. The Morgan fingerprint density at radius 3 is 2.79 bits per heavy atom. The zero-order chi connectivity index (χ0) is 14.3. The Balaban J connectivity index is 2.10. The molecule has 1 unspecified atom stereocenters. The van der Waals surface area contributed by atoms with Crippen LogP contribution in [0.15, 0.2) is 22.7 Å². The van der Waals surface area contributed by atoms with Crippen LogP contribution < -0.4 is 11.1 Å². The minimum atomic E-state index is -4.36. The molecule has 0 amide bonds. The van der Waals surface area contributed by atoms with Crippen LogP contribution in [0.4, 0.5) is 13.2 Å². The van der Waals surface area contributed by atoms with Crippen molar-refractivity contribution >= 4 is 15.9 Å². The number of hydrogen-bond acceptors (Lipinski definition) is 2. The fourth-order valence-electron chi connectivity index (χ4n) is 2.46. The van der Waals surface area contributed by atoms with E-state index in [1.165, 1.54) is 5.56 Å². The van der Waals surface area contributed by atoms with Gasteiger partial charge in [0.2, 0.25) is 0 Å². The zero-order valence-corrected chi connectivity index (χ0v) is 12.1. The normalized spacial score (nSPS) is 24.3. The molecule has 0 fully saturated rings. The highest BCUT2D eigenvalue weighted by Gasteiger charge is 2.40. The Labute approximate surface area is 118 Å². The van der Waals surface area contributed by atoms with Gasteiger partial charge in [0.15, 0.2) is 0 Å². The molecule has 1 aromatic carbocycles. The largest absolute Gasteiger partial charge is 0.404 e. The first-order valence-electron chi connectivity index (χ1n) is 6.08. The van der Waals surface area contributed by atoms with Crippen molar-refractivity contribution in [2.24, 2.45) is 5.73 Å². The monoisotopic (exact) mass is 336 g/mol. The zero-order valence-electron chi connectivity index (χ0n) is 10.5. The first-order valence-corrected chi connectivity index (χ1v) is 6.88. The van der Waals surface area contributed by atoms with Gasteiger partial charge in [-0.3, -0.25) is 0 Å². The lowest BCUT2D eigenvalue weighted by molar-refractivity contribution is -0.147. The van der Waals surface area contributed by atoms with Crippen LogP contribution in [0.3, 0.4) is 0 Å². The number of hydrogen-bond donors (Lipinski definition) is 2. The van der Waals surface area contributed by atoms with Gasteiger partial charge in [-0.05, 0) is 43.0 Å². The SMILES string of the molecule is CC1(NC[C@H](N)C(F)(F)F)CCc2cc(Br)ccc21. The molecule has 0 aromatic heterocycles. The smallest absolute Gasteiger partial charge is 0.319 e. The number of alkyl halides is 3. The van der Waals surface area contributed by atoms with Gasteiger partial charge in [-0.25, -0.2) is 0 Å². The third kappa shape index (κ3) is 3.12. The molecule has 0 bridgehead atoms. The van der Waals surface area contributed by atoms with E-state index in [2.05, 4.69) is 21.2 Å². The van der Waals surface area contributed by atoms with Crippen LogP contribution in [-0.2, 0) is 12.0 Å². The number of nitrogens with one attached hydrogen (secondary N) is 1. The molecular weight excluding hydrogens is 321 g/mol. The number of nitrogens with two attached hydrogens (primary N) is 1. The summed E-state index contributed by atoms with van der Waals surface area (Å²) >= 11 is 3.40. The van der Waals surface area contributed by atoms with Crippen LogP contribution in [0.25, 0.3) is 0 Å². The highest BCUT2D eigenvalue weighted by atomic mass is 79.9. The van der Waals surface area contributed by atoms with Crippen molar-refractivity contribution in [3.8, 4) is 0 Å². The first-order chi connectivity index (χ1) is 8.72. The molecule has 0 aliphatic heterocycles. The van der Waals surface area contributed by atoms with E-state index in [1.807, 2.05) is 25.1 Å². The Hall–Kier alpha value is -0.590. The molecule has 1 aromatic rings. The van der Waals surface area contributed by atoms with E-state index in [9.17, 15) is 13.2 Å². The van der Waals surface area contributed by atoms with Crippen molar-refractivity contribution in [2.75, 3.05) is 6.54 Å². The molecule has 1 aliphatic rings. The standard InChI is InChI=1S/C13H16BrF3N2/c1-12(19-7-11(18)13(15,16)17)5-4-8-6-9(14)2-3-10(8)12/h2-3,6,11,19H,4-5,7,18H2,1H3/t11-,12?/m0/s1. The van der Waals surface area contributed by atoms with Gasteiger partial charge in [-0.1, -0.05) is 22.0 Å². The maximum Gasteiger partial charge on any atom is 0.404 e. The predicted octanol–water partition coefficient (Wildman–Crippen LogP) is 3.09. The fraction of sp³-hybridized carbons (Fsp3) is 0.538. The lowest BCUT2D eigenvalue weighted by atomic mass is 9.94. The first kappa shape index (κ1) is 14.8. The van der Waals surface area contributed by atoms with Crippen LogP contribution >= 0.6 is 15.9 Å². The van der Waals surface area contributed by atoms with E-state index < -0.39 is 17.8 Å². The van der Waals surface area contributed by atoms with Gasteiger partial charge in [-0.15, -0.1) is 0 Å². The second-order valence-electron chi connectivity index (χ2n) is 5.16. The number of aryl methyl sites for hydroxylation is 1. The Kier molecular flexibility index (Phi) is 3.95. The summed E-state index contributed by atoms with van der Waals surface area (Å²) in [4.78, 5) is 0. The highest BCUT2D eigenvalue weighted by molar-refractivity contribution is 9.10. The van der Waals surface area contributed by atoms with E-state index in [0.29, 0.717) is 0 Å². The minimum absolute atomic E-state index is 0.268. The predicted molar refractivity (Wildman–Crippen MR) is 71.8 cm³/mol. The number of rotatable bonds is 3. The third-order valence-electron chi connectivity index (χ3n) is 3.69. The molecule has 19 heavy (non-hydrogen) atoms. The molecule has 0 saturated heterocycles. The minimum Gasteiger partial charge on any atom is -0.319 e. The summed E-state index contributed by atoms with van der Waals surface area (Å²) in [5.41, 5.74) is 6.94. The Morgan fingerprint density at radius 1 is 1.47 bits per heavy atom. The van der Waals surface area contributed by atoms with Gasteiger partial charge >= 0.3 is 6.18 Å². The summed E-state index contributed by atoms with van der Waals surface area (Å²) in [5.74, 6) is 0. The van der Waals surface area contributed by atoms with Crippen molar-refractivity contribution < 1.29 is 13.2 Å². The average molecular weight is 337 g/mol. The Morgan fingerprint density at radius 2 is 2.16 bits per heavy atom. The number of halogens is 4. The third-order valence-corrected chi connectivity index (χ3v) is 4.18. The molecule has 1 aliphatic carbocycles. The van der Waals surface area contributed by atoms with Gasteiger partial charge < -0.3 is 11.1 Å². The quantitative estimate of drug-likeness (QED) is 0.890. The van der Waals surface area contributed by atoms with Crippen molar-refractivity contribution in [1.29, 1.82) is 0 Å². The van der Waals surface area contributed by atoms with Crippen LogP contribution in [0.5, 0.6) is 0 Å². The van der Waals surface area contributed by atoms with E-state index in [0.717, 1.165) is 22.9 Å². The molecule has 0 spiro atoms. The van der Waals surface area contributed by atoms with E-state index in [-0.39, 0.29) is 6.54 Å². The van der Waals surface area contributed by atoms with Crippen molar-refractivity contribution in [3.05, 3.63) is 33.8 Å². The maximum absolute atomic E-state index is 12.4. The van der Waals surface area contributed by atoms with Crippen LogP contribution in [0.1, 0.15) is 24.5 Å². The van der Waals surface area contributed by atoms with E-state index in [4.69, 9.17) is 5.73 Å². The van der Waals surface area contributed by atoms with Crippen molar-refractivity contribution in [3.63, 3.8) is 0 Å². The summed E-state index contributed by atoms with van der Waals surface area (Å²) < 4.78 is 38.3. The summed E-state index contributed by atoms with van der Waals surface area (Å²) in [5, 5.41) is 2.98. The lowest BCUT2D eigenvalue weighted by Gasteiger charge is -2.29. The summed E-state index contributed by atoms with van der Waals surface area (Å²) in [6.45, 7) is 1.66. The number of benzene rings is 1. The van der Waals surface area contributed by atoms with Gasteiger partial charge in [-0.2, -0.15) is 13.2 Å². The topological polar surface area (TPSA) is 38.0 Å². The average Bonchev–Trinajstić information content (AvgIpc) is 2.63. The van der Waals surface area contributed by atoms with Crippen molar-refractivity contribution in [2.45, 2.75) is 37.5 Å². The summed E-state index contributed by atoms with van der Waals surface area (Å²) in [6.07, 6.45) is -2.71. The molecule has 2 atom stereocenters. The molecule has 3 N–H and O–H groups in total. The van der Waals surface area contributed by atoms with Gasteiger partial charge in [0.25, 0.3) is 0 Å². The van der Waals surface area contributed by atoms with Crippen LogP contribution in [-0.4, -0.2) is 18.8 Å². The molecule has 0 radical (unpaired) electrons. The van der Waals surface area contributed by atoms with Gasteiger partial charge in [0.05, 0.1) is 0 Å². The van der Waals surface area contributed by atoms with Gasteiger partial charge in [0, 0.05) is 16.6 Å². The summed E-state index contributed by atoms with van der Waals surface area (Å²) in [7, 11) is 0. The molecule has 0 heterocycles. The van der Waals surface area contributed by atoms with Crippen LogP contribution in [0, 0.1) is 0 Å². The van der Waals surface area contributed by atoms with Crippen LogP contribution in [0.2, 0.25) is 0 Å². The molecular formula is C13H16BrF3N2. The van der Waals surface area contributed by atoms with Crippen molar-refractivity contribution in [1.82, 2.24) is 5.32 Å². The summed E-state index contributed by atoms with van der Waals surface area (Å²) in [6, 6.07) is 4.06. The molecule has 6 heteroatoms. The number of fused-ring (bicyclic) bond motifs is 1. The molecule has 2 nitrogen and oxygen atoms in total. The highest BCUT2D eigenvalue weighted by Crippen LogP contribution is 2.38. The van der Waals surface area contributed by atoms with E-state index >= 15 is 0 Å². The second kappa shape index (κ2) is 5.07. The lowest BCUT2D eigenvalue weighted by Crippen LogP contribution is -2.50. The van der Waals surface area contributed by atoms with Gasteiger partial charge in [0.1, 0.15) is 6.04 Å². The molecule has 0 saturated carbocycles. The Bertz CT molecular complexity index is 475. The maximum atomic E-state index is 12.4.